The maximum Gasteiger partial charge on any atom is 0.0904 e. The summed E-state index contributed by atoms with van der Waals surface area (Å²) in [4.78, 5) is 6.94. The molecule has 4 nitrogen and oxygen atoms in total. The Labute approximate surface area is 137 Å². The summed E-state index contributed by atoms with van der Waals surface area (Å²) in [6.45, 7) is 2.13. The van der Waals surface area contributed by atoms with E-state index in [9.17, 15) is 5.11 Å². The Kier molecular flexibility index (Phi) is 3.84. The molecule has 0 radical (unpaired) electrons. The molecule has 122 valence electrons. The van der Waals surface area contributed by atoms with Gasteiger partial charge in [0.2, 0.25) is 0 Å². The highest BCUT2D eigenvalue weighted by Gasteiger charge is 2.38. The maximum absolute atomic E-state index is 11.3. The van der Waals surface area contributed by atoms with Crippen molar-refractivity contribution in [1.29, 1.82) is 0 Å². The van der Waals surface area contributed by atoms with E-state index in [2.05, 4.69) is 16.0 Å². The van der Waals surface area contributed by atoms with Crippen molar-refractivity contribution in [2.45, 2.75) is 49.8 Å². The van der Waals surface area contributed by atoms with Crippen LogP contribution in [0, 0.1) is 0 Å². The summed E-state index contributed by atoms with van der Waals surface area (Å²) >= 11 is 0. The number of likely N-dealkylation sites (tertiary alicyclic amines) is 1. The minimum Gasteiger partial charge on any atom is -0.385 e. The number of benzene rings is 1. The summed E-state index contributed by atoms with van der Waals surface area (Å²) in [5, 5.41) is 12.4. The van der Waals surface area contributed by atoms with E-state index in [4.69, 9.17) is 5.73 Å². The van der Waals surface area contributed by atoms with Gasteiger partial charge in [-0.05, 0) is 49.8 Å². The highest BCUT2D eigenvalue weighted by molar-refractivity contribution is 5.82. The zero-order chi connectivity index (χ0) is 15.9. The Bertz CT molecular complexity index is 689. The van der Waals surface area contributed by atoms with Gasteiger partial charge in [0.1, 0.15) is 0 Å². The molecule has 3 N–H and O–H groups in total. The molecule has 0 amide bonds. The molecule has 2 aliphatic rings. The fraction of sp³-hybridized carbons (Fsp3) is 0.526. The number of fused-ring (bicyclic) bond motifs is 1. The summed E-state index contributed by atoms with van der Waals surface area (Å²) < 4.78 is 0. The van der Waals surface area contributed by atoms with Gasteiger partial charge in [0.05, 0.1) is 11.1 Å². The molecule has 2 fully saturated rings. The first-order valence-electron chi connectivity index (χ1n) is 8.72. The quantitative estimate of drug-likeness (QED) is 0.894. The van der Waals surface area contributed by atoms with E-state index in [0.717, 1.165) is 61.7 Å². The van der Waals surface area contributed by atoms with Crippen LogP contribution in [0.15, 0.2) is 36.5 Å². The molecule has 1 aliphatic carbocycles. The minimum absolute atomic E-state index is 0.333. The van der Waals surface area contributed by atoms with Gasteiger partial charge in [0.25, 0.3) is 0 Å². The van der Waals surface area contributed by atoms with E-state index < -0.39 is 5.60 Å². The molecule has 2 aromatic rings. The van der Waals surface area contributed by atoms with Crippen LogP contribution in [0.4, 0.5) is 0 Å². The number of aliphatic hydroxyl groups is 1. The van der Waals surface area contributed by atoms with Crippen LogP contribution in [0.25, 0.3) is 10.9 Å². The molecular formula is C19H25N3O. The molecule has 1 atom stereocenters. The molecule has 0 unspecified atom stereocenters. The normalized spacial score (nSPS) is 32.4. The third kappa shape index (κ3) is 2.75. The van der Waals surface area contributed by atoms with Crippen LogP contribution in [0.3, 0.4) is 0 Å². The molecule has 4 rings (SSSR count). The third-order valence-corrected chi connectivity index (χ3v) is 5.71. The summed E-state index contributed by atoms with van der Waals surface area (Å²) in [5.74, 6) is 0. The topological polar surface area (TPSA) is 62.4 Å². The van der Waals surface area contributed by atoms with Gasteiger partial charge in [-0.1, -0.05) is 18.2 Å². The third-order valence-electron chi connectivity index (χ3n) is 5.71. The number of hydrogen-bond donors (Lipinski definition) is 2. The lowest BCUT2D eigenvalue weighted by Gasteiger charge is -2.40. The number of aromatic nitrogens is 1. The first kappa shape index (κ1) is 15.1. The molecule has 1 aromatic heterocycles. The number of nitrogens with zero attached hydrogens (tertiary/aromatic N) is 2. The molecule has 0 bridgehead atoms. The number of pyridine rings is 1. The maximum atomic E-state index is 11.3. The van der Waals surface area contributed by atoms with E-state index in [1.54, 1.807) is 0 Å². The molecule has 1 saturated heterocycles. The van der Waals surface area contributed by atoms with E-state index in [1.807, 2.05) is 30.5 Å². The van der Waals surface area contributed by atoms with Crippen molar-refractivity contribution in [3.63, 3.8) is 0 Å². The van der Waals surface area contributed by atoms with Crippen LogP contribution in [0.2, 0.25) is 0 Å². The van der Waals surface area contributed by atoms with Gasteiger partial charge in [-0.2, -0.15) is 0 Å². The van der Waals surface area contributed by atoms with Crippen molar-refractivity contribution in [2.24, 2.45) is 5.73 Å². The predicted octanol–water partition coefficient (Wildman–Crippen LogP) is 2.40. The lowest BCUT2D eigenvalue weighted by atomic mass is 9.76. The summed E-state index contributed by atoms with van der Waals surface area (Å²) in [6, 6.07) is 11.0. The van der Waals surface area contributed by atoms with Gasteiger partial charge in [-0.3, -0.25) is 9.88 Å². The molecule has 1 aromatic carbocycles. The van der Waals surface area contributed by atoms with Gasteiger partial charge < -0.3 is 10.8 Å². The second-order valence-corrected chi connectivity index (χ2v) is 7.18. The Morgan fingerprint density at radius 2 is 1.91 bits per heavy atom. The number of hydrogen-bond acceptors (Lipinski definition) is 4. The second-order valence-electron chi connectivity index (χ2n) is 7.18. The predicted molar refractivity (Wildman–Crippen MR) is 92.1 cm³/mol. The Morgan fingerprint density at radius 1 is 1.13 bits per heavy atom. The summed E-state index contributed by atoms with van der Waals surface area (Å²) in [6.07, 6.45) is 6.64. The van der Waals surface area contributed by atoms with Crippen LogP contribution in [0.5, 0.6) is 0 Å². The zero-order valence-corrected chi connectivity index (χ0v) is 13.5. The standard InChI is InChI=1S/C19H25N3O/c20-14-8-12-22(13-14)15-5-9-19(23,10-6-15)17-7-11-21-18-4-2-1-3-16(17)18/h1-4,7,11,14-15,23H,5-6,8-10,12-13,20H2/t14-,15?,19?/m1/s1. The Hall–Kier alpha value is -1.49. The van der Waals surface area contributed by atoms with Crippen molar-refractivity contribution in [3.8, 4) is 0 Å². The molecule has 4 heteroatoms. The first-order valence-corrected chi connectivity index (χ1v) is 8.72. The highest BCUT2D eigenvalue weighted by atomic mass is 16.3. The lowest BCUT2D eigenvalue weighted by molar-refractivity contribution is -0.0211. The van der Waals surface area contributed by atoms with E-state index in [-0.39, 0.29) is 0 Å². The summed E-state index contributed by atoms with van der Waals surface area (Å²) in [7, 11) is 0. The second kappa shape index (κ2) is 5.86. The molecule has 0 spiro atoms. The van der Waals surface area contributed by atoms with Crippen LogP contribution in [-0.2, 0) is 5.60 Å². The van der Waals surface area contributed by atoms with Crippen LogP contribution in [-0.4, -0.2) is 40.2 Å². The number of rotatable bonds is 2. The van der Waals surface area contributed by atoms with Crippen molar-refractivity contribution in [3.05, 3.63) is 42.1 Å². The first-order chi connectivity index (χ1) is 11.2. The van der Waals surface area contributed by atoms with Gasteiger partial charge in [0, 0.05) is 36.8 Å². The van der Waals surface area contributed by atoms with E-state index in [1.165, 1.54) is 0 Å². The average molecular weight is 311 g/mol. The largest absolute Gasteiger partial charge is 0.385 e. The summed E-state index contributed by atoms with van der Waals surface area (Å²) in [5.41, 5.74) is 7.32. The molecule has 23 heavy (non-hydrogen) atoms. The average Bonchev–Trinajstić information content (AvgIpc) is 3.01. The number of nitrogens with two attached hydrogens (primary N) is 1. The van der Waals surface area contributed by atoms with Gasteiger partial charge in [-0.25, -0.2) is 0 Å². The number of para-hydroxylation sites is 1. The molecular weight excluding hydrogens is 286 g/mol. The Balaban J connectivity index is 1.55. The fourth-order valence-electron chi connectivity index (χ4n) is 4.36. The molecule has 2 heterocycles. The molecule has 1 aliphatic heterocycles. The van der Waals surface area contributed by atoms with Crippen LogP contribution < -0.4 is 5.73 Å². The Morgan fingerprint density at radius 3 is 2.65 bits per heavy atom. The minimum atomic E-state index is -0.721. The van der Waals surface area contributed by atoms with Crippen LogP contribution >= 0.6 is 0 Å². The van der Waals surface area contributed by atoms with Crippen LogP contribution in [0.1, 0.15) is 37.7 Å². The van der Waals surface area contributed by atoms with Crippen molar-refractivity contribution in [2.75, 3.05) is 13.1 Å². The molecule has 1 saturated carbocycles. The van der Waals surface area contributed by atoms with Crippen molar-refractivity contribution < 1.29 is 5.11 Å². The van der Waals surface area contributed by atoms with Gasteiger partial charge >= 0.3 is 0 Å². The van der Waals surface area contributed by atoms with E-state index >= 15 is 0 Å². The van der Waals surface area contributed by atoms with Crippen molar-refractivity contribution >= 4 is 10.9 Å². The van der Waals surface area contributed by atoms with E-state index in [0.29, 0.717) is 12.1 Å². The van der Waals surface area contributed by atoms with Crippen molar-refractivity contribution in [1.82, 2.24) is 9.88 Å². The van der Waals surface area contributed by atoms with Gasteiger partial charge in [0.15, 0.2) is 0 Å². The van der Waals surface area contributed by atoms with Gasteiger partial charge in [-0.15, -0.1) is 0 Å². The highest BCUT2D eigenvalue weighted by Crippen LogP contribution is 2.41. The fourth-order valence-corrected chi connectivity index (χ4v) is 4.36. The lowest BCUT2D eigenvalue weighted by Crippen LogP contribution is -2.42. The zero-order valence-electron chi connectivity index (χ0n) is 13.5. The SMILES string of the molecule is N[C@@H]1CCN(C2CCC(O)(c3ccnc4ccccc34)CC2)C1. The monoisotopic (exact) mass is 311 g/mol. The smallest absolute Gasteiger partial charge is 0.0904 e.